The summed E-state index contributed by atoms with van der Waals surface area (Å²) in [6.07, 6.45) is -1.15. The van der Waals surface area contributed by atoms with E-state index in [2.05, 4.69) is 36.0 Å². The van der Waals surface area contributed by atoms with Gasteiger partial charge in [0.05, 0.1) is 0 Å². The molecule has 2 amide bonds. The zero-order valence-electron chi connectivity index (χ0n) is 13.5. The molecule has 1 fully saturated rings. The fraction of sp³-hybridized carbons (Fsp3) is 0.278. The first kappa shape index (κ1) is 17.1. The van der Waals surface area contributed by atoms with Crippen LogP contribution in [0, 0.1) is 0 Å². The molecule has 1 aliphatic heterocycles. The molecule has 2 aromatic rings. The SMILES string of the molecule is O=C(Nc1ccc2c(c1)OC(F)(F)O2)NC1(Cc2ccc(Br)cc2)CC1. The Morgan fingerprint density at radius 3 is 2.46 bits per heavy atom. The number of carbonyl (C=O) groups is 1. The van der Waals surface area contributed by atoms with Gasteiger partial charge < -0.3 is 20.1 Å². The molecule has 1 aliphatic carbocycles. The average Bonchev–Trinajstić information content (AvgIpc) is 3.22. The van der Waals surface area contributed by atoms with E-state index >= 15 is 0 Å². The van der Waals surface area contributed by atoms with E-state index in [1.54, 1.807) is 0 Å². The van der Waals surface area contributed by atoms with Crippen LogP contribution in [-0.2, 0) is 6.42 Å². The van der Waals surface area contributed by atoms with Gasteiger partial charge in [-0.2, -0.15) is 0 Å². The summed E-state index contributed by atoms with van der Waals surface area (Å²) in [4.78, 5) is 12.3. The number of benzene rings is 2. The Balaban J connectivity index is 1.38. The van der Waals surface area contributed by atoms with Crippen LogP contribution in [0.4, 0.5) is 19.3 Å². The second kappa shape index (κ2) is 6.12. The number of urea groups is 1. The van der Waals surface area contributed by atoms with Crippen molar-refractivity contribution in [3.05, 3.63) is 52.5 Å². The van der Waals surface area contributed by atoms with Gasteiger partial charge in [0.1, 0.15) is 0 Å². The highest BCUT2D eigenvalue weighted by molar-refractivity contribution is 9.10. The summed E-state index contributed by atoms with van der Waals surface area (Å²) < 4.78 is 35.8. The van der Waals surface area contributed by atoms with Gasteiger partial charge in [0.15, 0.2) is 11.5 Å². The van der Waals surface area contributed by atoms with E-state index in [1.807, 2.05) is 24.3 Å². The van der Waals surface area contributed by atoms with Gasteiger partial charge in [0.2, 0.25) is 0 Å². The van der Waals surface area contributed by atoms with Crippen molar-refractivity contribution in [1.29, 1.82) is 0 Å². The van der Waals surface area contributed by atoms with Crippen LogP contribution in [0.1, 0.15) is 18.4 Å². The van der Waals surface area contributed by atoms with Gasteiger partial charge in [0, 0.05) is 21.8 Å². The number of hydrogen-bond donors (Lipinski definition) is 2. The lowest BCUT2D eigenvalue weighted by molar-refractivity contribution is -0.286. The van der Waals surface area contributed by atoms with E-state index in [9.17, 15) is 13.6 Å². The summed E-state index contributed by atoms with van der Waals surface area (Å²) in [5.74, 6) is -0.168. The van der Waals surface area contributed by atoms with Gasteiger partial charge in [-0.3, -0.25) is 0 Å². The zero-order valence-corrected chi connectivity index (χ0v) is 15.1. The summed E-state index contributed by atoms with van der Waals surface area (Å²) in [6.45, 7) is 0. The molecule has 136 valence electrons. The molecule has 4 rings (SSSR count). The molecule has 2 aromatic carbocycles. The smallest absolute Gasteiger partial charge is 0.395 e. The highest BCUT2D eigenvalue weighted by Crippen LogP contribution is 2.42. The number of hydrogen-bond acceptors (Lipinski definition) is 3. The Kier molecular flexibility index (Phi) is 4.02. The predicted molar refractivity (Wildman–Crippen MR) is 94.6 cm³/mol. The van der Waals surface area contributed by atoms with Crippen LogP contribution in [0.15, 0.2) is 46.9 Å². The number of ether oxygens (including phenoxy) is 2. The summed E-state index contributed by atoms with van der Waals surface area (Å²) >= 11 is 3.40. The van der Waals surface area contributed by atoms with Crippen molar-refractivity contribution in [2.24, 2.45) is 0 Å². The van der Waals surface area contributed by atoms with Crippen molar-refractivity contribution in [2.75, 3.05) is 5.32 Å². The van der Waals surface area contributed by atoms with Gasteiger partial charge in [0.25, 0.3) is 0 Å². The molecule has 0 radical (unpaired) electrons. The van der Waals surface area contributed by atoms with Crippen LogP contribution in [0.25, 0.3) is 0 Å². The van der Waals surface area contributed by atoms with Crippen molar-refractivity contribution in [3.8, 4) is 11.5 Å². The fourth-order valence-electron chi connectivity index (χ4n) is 2.92. The fourth-order valence-corrected chi connectivity index (χ4v) is 3.18. The van der Waals surface area contributed by atoms with E-state index in [0.717, 1.165) is 29.3 Å². The lowest BCUT2D eigenvalue weighted by atomic mass is 10.0. The minimum absolute atomic E-state index is 0.0603. The van der Waals surface area contributed by atoms with Crippen LogP contribution in [-0.4, -0.2) is 17.9 Å². The Morgan fingerprint density at radius 1 is 1.08 bits per heavy atom. The first-order valence-corrected chi connectivity index (χ1v) is 8.85. The molecule has 8 heteroatoms. The van der Waals surface area contributed by atoms with Crippen molar-refractivity contribution in [1.82, 2.24) is 5.32 Å². The van der Waals surface area contributed by atoms with Crippen molar-refractivity contribution in [2.45, 2.75) is 31.1 Å². The van der Waals surface area contributed by atoms with Gasteiger partial charge in [-0.05, 0) is 49.1 Å². The van der Waals surface area contributed by atoms with Crippen LogP contribution < -0.4 is 20.1 Å². The molecule has 0 bridgehead atoms. The maximum Gasteiger partial charge on any atom is 0.586 e. The molecule has 0 saturated heterocycles. The van der Waals surface area contributed by atoms with Gasteiger partial charge >= 0.3 is 12.3 Å². The second-order valence-corrected chi connectivity index (χ2v) is 7.41. The molecule has 26 heavy (non-hydrogen) atoms. The first-order chi connectivity index (χ1) is 12.3. The van der Waals surface area contributed by atoms with Crippen LogP contribution >= 0.6 is 15.9 Å². The molecule has 2 aliphatic rings. The standard InChI is InChI=1S/C18H15BrF2N2O3/c19-12-3-1-11(2-4-12)10-17(7-8-17)23-16(24)22-13-5-6-14-15(9-13)26-18(20,21)25-14/h1-6,9H,7-8,10H2,(H2,22,23,24). The van der Waals surface area contributed by atoms with Gasteiger partial charge in [-0.15, -0.1) is 8.78 Å². The molecule has 0 aromatic heterocycles. The maximum absolute atomic E-state index is 13.0. The minimum Gasteiger partial charge on any atom is -0.395 e. The monoisotopic (exact) mass is 424 g/mol. The minimum atomic E-state index is -3.67. The third kappa shape index (κ3) is 3.75. The van der Waals surface area contributed by atoms with E-state index in [4.69, 9.17) is 0 Å². The van der Waals surface area contributed by atoms with Crippen LogP contribution in [0.5, 0.6) is 11.5 Å². The molecule has 0 unspecified atom stereocenters. The molecular formula is C18H15BrF2N2O3. The highest BCUT2D eigenvalue weighted by Gasteiger charge is 2.45. The van der Waals surface area contributed by atoms with E-state index in [0.29, 0.717) is 5.69 Å². The molecule has 0 spiro atoms. The highest BCUT2D eigenvalue weighted by atomic mass is 79.9. The Bertz CT molecular complexity index is 854. The van der Waals surface area contributed by atoms with E-state index < -0.39 is 6.29 Å². The third-order valence-electron chi connectivity index (χ3n) is 4.35. The van der Waals surface area contributed by atoms with Gasteiger partial charge in [-0.1, -0.05) is 28.1 Å². The van der Waals surface area contributed by atoms with E-state index in [1.165, 1.54) is 18.2 Å². The number of fused-ring (bicyclic) bond motifs is 1. The summed E-state index contributed by atoms with van der Waals surface area (Å²) in [5.41, 5.74) is 1.22. The van der Waals surface area contributed by atoms with Crippen LogP contribution in [0.3, 0.4) is 0 Å². The molecule has 1 heterocycles. The van der Waals surface area contributed by atoms with Crippen molar-refractivity contribution >= 4 is 27.6 Å². The number of alkyl halides is 2. The number of anilines is 1. The largest absolute Gasteiger partial charge is 0.586 e. The molecule has 1 saturated carbocycles. The molecular weight excluding hydrogens is 410 g/mol. The lowest BCUT2D eigenvalue weighted by Gasteiger charge is -2.18. The van der Waals surface area contributed by atoms with Gasteiger partial charge in [-0.25, -0.2) is 4.79 Å². The predicted octanol–water partition coefficient (Wildman–Crippen LogP) is 4.67. The zero-order chi connectivity index (χ0) is 18.4. The summed E-state index contributed by atoms with van der Waals surface area (Å²) in [7, 11) is 0. The lowest BCUT2D eigenvalue weighted by Crippen LogP contribution is -2.41. The quantitative estimate of drug-likeness (QED) is 0.749. The number of amides is 2. The Labute approximate surface area is 156 Å². The second-order valence-electron chi connectivity index (χ2n) is 6.49. The number of carbonyl (C=O) groups excluding carboxylic acids is 1. The molecule has 2 N–H and O–H groups in total. The topological polar surface area (TPSA) is 59.6 Å². The Hall–Kier alpha value is -2.35. The summed E-state index contributed by atoms with van der Waals surface area (Å²) in [5, 5.41) is 5.63. The van der Waals surface area contributed by atoms with Crippen molar-refractivity contribution < 1.29 is 23.0 Å². The third-order valence-corrected chi connectivity index (χ3v) is 4.88. The molecule has 0 atom stereocenters. The van der Waals surface area contributed by atoms with Crippen molar-refractivity contribution in [3.63, 3.8) is 0 Å². The average molecular weight is 425 g/mol. The summed E-state index contributed by atoms with van der Waals surface area (Å²) in [6, 6.07) is 11.7. The molecule has 5 nitrogen and oxygen atoms in total. The number of rotatable bonds is 4. The van der Waals surface area contributed by atoms with Crippen LogP contribution in [0.2, 0.25) is 0 Å². The number of halogens is 3. The maximum atomic E-state index is 13.0. The Morgan fingerprint density at radius 2 is 1.77 bits per heavy atom. The number of nitrogens with one attached hydrogen (secondary N) is 2. The first-order valence-electron chi connectivity index (χ1n) is 8.06. The van der Waals surface area contributed by atoms with E-state index in [-0.39, 0.29) is 23.1 Å². The normalized spacial score (nSPS) is 18.3.